The number of nitrogens with one attached hydrogen (secondary N) is 1. The summed E-state index contributed by atoms with van der Waals surface area (Å²) in [7, 11) is 0. The molecule has 0 spiro atoms. The van der Waals surface area contributed by atoms with E-state index in [2.05, 4.69) is 5.32 Å². The molecule has 2 rings (SSSR count). The molecule has 0 bridgehead atoms. The minimum absolute atomic E-state index is 0.0581. The molecular formula is C25H37NO4. The lowest BCUT2D eigenvalue weighted by molar-refractivity contribution is -0.121. The average molecular weight is 416 g/mol. The highest BCUT2D eigenvalue weighted by Gasteiger charge is 2.39. The molecule has 4 N–H and O–H groups in total. The number of unbranched alkanes of at least 4 members (excludes halogenated alkanes) is 1. The Balaban J connectivity index is 1.78. The van der Waals surface area contributed by atoms with E-state index in [9.17, 15) is 20.1 Å². The van der Waals surface area contributed by atoms with Gasteiger partial charge in [-0.2, -0.15) is 0 Å². The third-order valence-corrected chi connectivity index (χ3v) is 5.77. The minimum atomic E-state index is -0.589. The van der Waals surface area contributed by atoms with Gasteiger partial charge < -0.3 is 20.6 Å². The van der Waals surface area contributed by atoms with Crippen LogP contribution in [0.15, 0.2) is 54.6 Å². The van der Waals surface area contributed by atoms with E-state index in [4.69, 9.17) is 0 Å². The van der Waals surface area contributed by atoms with E-state index >= 15 is 0 Å². The molecular weight excluding hydrogens is 378 g/mol. The van der Waals surface area contributed by atoms with Crippen LogP contribution in [-0.2, 0) is 11.2 Å². The predicted octanol–water partition coefficient (Wildman–Crippen LogP) is 3.15. The van der Waals surface area contributed by atoms with Crippen LogP contribution in [0.2, 0.25) is 0 Å². The zero-order valence-corrected chi connectivity index (χ0v) is 18.0. The van der Waals surface area contributed by atoms with Crippen molar-refractivity contribution in [2.45, 2.75) is 70.2 Å². The third-order valence-electron chi connectivity index (χ3n) is 5.77. The van der Waals surface area contributed by atoms with Gasteiger partial charge in [-0.15, -0.1) is 0 Å². The van der Waals surface area contributed by atoms with Crippen LogP contribution in [0.5, 0.6) is 0 Å². The number of amides is 1. The van der Waals surface area contributed by atoms with Crippen LogP contribution in [0.3, 0.4) is 0 Å². The van der Waals surface area contributed by atoms with Crippen molar-refractivity contribution < 1.29 is 20.1 Å². The largest absolute Gasteiger partial charge is 0.393 e. The quantitative estimate of drug-likeness (QED) is 0.312. The lowest BCUT2D eigenvalue weighted by Crippen LogP contribution is -2.21. The zero-order valence-electron chi connectivity index (χ0n) is 18.0. The standard InChI is InChI=1S/C25H37NO4/c1-2-26-25(30)13-9-4-3-8-12-21-22(24(29)18-23(21)28)17-16-20(27)15-14-19-10-6-5-7-11-19/h3,5-8,10-11,16-17,20-24,27-29H,2,4,9,12-15,18H2,1H3,(H,26,30)/b8-3-,17-16+/t20-,21-,22+,23-,24-/m1/s1. The Bertz CT molecular complexity index is 673. The Kier molecular flexibility index (Phi) is 10.8. The summed E-state index contributed by atoms with van der Waals surface area (Å²) < 4.78 is 0. The smallest absolute Gasteiger partial charge is 0.219 e. The van der Waals surface area contributed by atoms with Crippen LogP contribution in [0.25, 0.3) is 0 Å². The first-order valence-electron chi connectivity index (χ1n) is 11.2. The van der Waals surface area contributed by atoms with E-state index < -0.39 is 18.3 Å². The van der Waals surface area contributed by atoms with Crippen LogP contribution in [0, 0.1) is 11.8 Å². The van der Waals surface area contributed by atoms with Crippen molar-refractivity contribution in [3.05, 3.63) is 60.2 Å². The maximum atomic E-state index is 11.4. The van der Waals surface area contributed by atoms with Crippen molar-refractivity contribution in [3.63, 3.8) is 0 Å². The zero-order chi connectivity index (χ0) is 21.8. The number of aliphatic hydroxyl groups is 3. The molecule has 30 heavy (non-hydrogen) atoms. The van der Waals surface area contributed by atoms with Crippen LogP contribution < -0.4 is 5.32 Å². The molecule has 1 aromatic carbocycles. The van der Waals surface area contributed by atoms with Crippen molar-refractivity contribution >= 4 is 5.91 Å². The number of rotatable bonds is 12. The summed E-state index contributed by atoms with van der Waals surface area (Å²) >= 11 is 0. The first-order chi connectivity index (χ1) is 14.5. The van der Waals surface area contributed by atoms with Gasteiger partial charge in [-0.3, -0.25) is 4.79 Å². The van der Waals surface area contributed by atoms with Crippen molar-refractivity contribution in [2.75, 3.05) is 6.54 Å². The molecule has 0 heterocycles. The molecule has 0 unspecified atom stereocenters. The van der Waals surface area contributed by atoms with E-state index in [1.807, 2.05) is 55.5 Å². The van der Waals surface area contributed by atoms with E-state index in [-0.39, 0.29) is 17.7 Å². The number of hydrogen-bond donors (Lipinski definition) is 4. The Hall–Kier alpha value is -1.95. The van der Waals surface area contributed by atoms with Gasteiger partial charge in [-0.1, -0.05) is 54.6 Å². The lowest BCUT2D eigenvalue weighted by Gasteiger charge is -2.19. The second-order valence-corrected chi connectivity index (χ2v) is 8.14. The van der Waals surface area contributed by atoms with E-state index in [1.165, 1.54) is 5.56 Å². The Morgan fingerprint density at radius 2 is 1.97 bits per heavy atom. The second-order valence-electron chi connectivity index (χ2n) is 8.14. The fourth-order valence-electron chi connectivity index (χ4n) is 4.06. The molecule has 1 aromatic rings. The van der Waals surface area contributed by atoms with Gasteiger partial charge in [0.15, 0.2) is 0 Å². The van der Waals surface area contributed by atoms with Crippen molar-refractivity contribution in [3.8, 4) is 0 Å². The molecule has 1 aliphatic carbocycles. The van der Waals surface area contributed by atoms with E-state index in [0.717, 1.165) is 19.3 Å². The van der Waals surface area contributed by atoms with Gasteiger partial charge in [0, 0.05) is 25.3 Å². The highest BCUT2D eigenvalue weighted by molar-refractivity contribution is 5.75. The van der Waals surface area contributed by atoms with Gasteiger partial charge in [0.25, 0.3) is 0 Å². The third kappa shape index (κ3) is 8.42. The summed E-state index contributed by atoms with van der Waals surface area (Å²) in [5, 5.41) is 33.8. The molecule has 1 saturated carbocycles. The Morgan fingerprint density at radius 1 is 1.20 bits per heavy atom. The summed E-state index contributed by atoms with van der Waals surface area (Å²) in [5.41, 5.74) is 1.19. The molecule has 5 heteroatoms. The van der Waals surface area contributed by atoms with Crippen LogP contribution in [0.4, 0.5) is 0 Å². The molecule has 1 amide bonds. The maximum absolute atomic E-state index is 11.4. The van der Waals surface area contributed by atoms with Crippen LogP contribution in [-0.4, -0.2) is 46.1 Å². The predicted molar refractivity (Wildman–Crippen MR) is 120 cm³/mol. The summed E-state index contributed by atoms with van der Waals surface area (Å²) in [6.07, 6.45) is 10.6. The Morgan fingerprint density at radius 3 is 2.70 bits per heavy atom. The topological polar surface area (TPSA) is 89.8 Å². The highest BCUT2D eigenvalue weighted by Crippen LogP contribution is 2.36. The molecule has 0 aliphatic heterocycles. The number of aliphatic hydroxyl groups excluding tert-OH is 3. The number of aryl methyl sites for hydroxylation is 1. The molecule has 0 radical (unpaired) electrons. The molecule has 5 atom stereocenters. The molecule has 1 fully saturated rings. The SMILES string of the molecule is CCNC(=O)CCC/C=C\C[C@@H]1[C@H](/C=C/[C@H](O)CCc2ccccc2)[C@H](O)C[C@H]1O. The fraction of sp³-hybridized carbons (Fsp3) is 0.560. The highest BCUT2D eigenvalue weighted by atomic mass is 16.3. The Labute approximate surface area is 180 Å². The molecule has 5 nitrogen and oxygen atoms in total. The van der Waals surface area contributed by atoms with Gasteiger partial charge in [-0.05, 0) is 50.5 Å². The summed E-state index contributed by atoms with van der Waals surface area (Å²) in [5.74, 6) is -0.139. The number of carbonyl (C=O) groups is 1. The minimum Gasteiger partial charge on any atom is -0.393 e. The summed E-state index contributed by atoms with van der Waals surface area (Å²) in [6, 6.07) is 10.1. The number of carbonyl (C=O) groups excluding carboxylic acids is 1. The molecule has 1 aliphatic rings. The van der Waals surface area contributed by atoms with Gasteiger partial charge in [0.1, 0.15) is 0 Å². The average Bonchev–Trinajstić information content (AvgIpc) is 3.00. The lowest BCUT2D eigenvalue weighted by atomic mass is 9.89. The van der Waals surface area contributed by atoms with Crippen molar-refractivity contribution in [1.29, 1.82) is 0 Å². The van der Waals surface area contributed by atoms with Crippen molar-refractivity contribution in [1.82, 2.24) is 5.32 Å². The monoisotopic (exact) mass is 415 g/mol. The normalized spacial score (nSPS) is 25.2. The van der Waals surface area contributed by atoms with Crippen LogP contribution in [0.1, 0.15) is 51.0 Å². The van der Waals surface area contributed by atoms with E-state index in [0.29, 0.717) is 32.2 Å². The van der Waals surface area contributed by atoms with E-state index in [1.54, 1.807) is 6.08 Å². The number of allylic oxidation sites excluding steroid dienone is 2. The maximum Gasteiger partial charge on any atom is 0.219 e. The van der Waals surface area contributed by atoms with Gasteiger partial charge in [-0.25, -0.2) is 0 Å². The summed E-state index contributed by atoms with van der Waals surface area (Å²) in [4.78, 5) is 11.4. The van der Waals surface area contributed by atoms with Crippen LogP contribution >= 0.6 is 0 Å². The number of benzene rings is 1. The van der Waals surface area contributed by atoms with Crippen molar-refractivity contribution in [2.24, 2.45) is 11.8 Å². The van der Waals surface area contributed by atoms with Gasteiger partial charge in [0.2, 0.25) is 5.91 Å². The molecule has 0 aromatic heterocycles. The van der Waals surface area contributed by atoms with Gasteiger partial charge in [0.05, 0.1) is 18.3 Å². The fourth-order valence-corrected chi connectivity index (χ4v) is 4.06. The second kappa shape index (κ2) is 13.4. The molecule has 166 valence electrons. The first-order valence-corrected chi connectivity index (χ1v) is 11.2. The molecule has 0 saturated heterocycles. The summed E-state index contributed by atoms with van der Waals surface area (Å²) in [6.45, 7) is 2.57. The first kappa shape index (κ1) is 24.3. The number of hydrogen-bond acceptors (Lipinski definition) is 4. The van der Waals surface area contributed by atoms with Gasteiger partial charge >= 0.3 is 0 Å².